The van der Waals surface area contributed by atoms with E-state index in [1.54, 1.807) is 12.3 Å². The smallest absolute Gasteiger partial charge is 0.123 e. The minimum Gasteiger partial charge on any atom is -0.348 e. The van der Waals surface area contributed by atoms with E-state index in [4.69, 9.17) is 0 Å². The van der Waals surface area contributed by atoms with Gasteiger partial charge in [-0.3, -0.25) is 4.99 Å². The highest BCUT2D eigenvalue weighted by molar-refractivity contribution is 6.16. The lowest BCUT2D eigenvalue weighted by atomic mass is 10.1. The van der Waals surface area contributed by atoms with Gasteiger partial charge in [-0.1, -0.05) is 12.2 Å². The molecule has 1 aromatic rings. The Hall–Kier alpha value is -2.42. The highest BCUT2D eigenvalue weighted by Gasteiger charge is 2.12. The second-order valence-corrected chi connectivity index (χ2v) is 4.86. The Bertz CT molecular complexity index is 706. The number of rotatable bonds is 1. The first-order chi connectivity index (χ1) is 9.65. The Morgan fingerprint density at radius 1 is 1.25 bits per heavy atom. The Balaban J connectivity index is 1.93. The second-order valence-electron chi connectivity index (χ2n) is 4.86. The largest absolute Gasteiger partial charge is 0.348 e. The number of aliphatic imine (C=N–C) groups is 1. The fraction of sp³-hybridized carbons (Fsp3) is 0.118. The number of fused-ring (bicyclic) bond motifs is 1. The molecule has 0 spiro atoms. The summed E-state index contributed by atoms with van der Waals surface area (Å²) in [6.07, 6.45) is 11.9. The molecule has 3 heteroatoms. The van der Waals surface area contributed by atoms with E-state index in [1.165, 1.54) is 17.8 Å². The predicted molar refractivity (Wildman–Crippen MR) is 81.3 cm³/mol. The van der Waals surface area contributed by atoms with Gasteiger partial charge in [0.05, 0.1) is 5.69 Å². The van der Waals surface area contributed by atoms with Gasteiger partial charge in [0.1, 0.15) is 5.82 Å². The molecule has 0 amide bonds. The maximum Gasteiger partial charge on any atom is 0.123 e. The molecule has 0 aromatic heterocycles. The van der Waals surface area contributed by atoms with Crippen molar-refractivity contribution < 1.29 is 4.39 Å². The van der Waals surface area contributed by atoms with Crippen LogP contribution in [0.4, 0.5) is 10.1 Å². The van der Waals surface area contributed by atoms with E-state index in [1.807, 2.05) is 31.4 Å². The van der Waals surface area contributed by atoms with Gasteiger partial charge in [0.2, 0.25) is 0 Å². The van der Waals surface area contributed by atoms with Gasteiger partial charge in [0.15, 0.2) is 0 Å². The molecule has 0 fully saturated rings. The van der Waals surface area contributed by atoms with Crippen molar-refractivity contribution in [3.63, 3.8) is 0 Å². The fourth-order valence-electron chi connectivity index (χ4n) is 2.25. The van der Waals surface area contributed by atoms with Crippen LogP contribution < -0.4 is 0 Å². The summed E-state index contributed by atoms with van der Waals surface area (Å²) in [5.41, 5.74) is 4.87. The molecule has 0 bridgehead atoms. The summed E-state index contributed by atoms with van der Waals surface area (Å²) in [5.74, 6) is -0.235. The van der Waals surface area contributed by atoms with Crippen LogP contribution in [0.15, 0.2) is 65.0 Å². The van der Waals surface area contributed by atoms with Gasteiger partial charge in [-0.2, -0.15) is 0 Å². The molecule has 0 unspecified atom stereocenters. The third-order valence-corrected chi connectivity index (χ3v) is 3.57. The zero-order chi connectivity index (χ0) is 14.1. The van der Waals surface area contributed by atoms with Crippen LogP contribution in [-0.4, -0.2) is 18.2 Å². The Kier molecular flexibility index (Phi) is 3.11. The van der Waals surface area contributed by atoms with Gasteiger partial charge in [0.25, 0.3) is 0 Å². The molecule has 1 aromatic carbocycles. The van der Waals surface area contributed by atoms with Crippen LogP contribution in [0.5, 0.6) is 0 Å². The summed E-state index contributed by atoms with van der Waals surface area (Å²) in [4.78, 5) is 6.39. The number of allylic oxidation sites excluding steroid dienone is 7. The Morgan fingerprint density at radius 3 is 2.95 bits per heavy atom. The molecule has 0 saturated heterocycles. The van der Waals surface area contributed by atoms with Crippen LogP contribution in [0.2, 0.25) is 0 Å². The summed E-state index contributed by atoms with van der Waals surface area (Å²) in [7, 11) is 2.02. The molecule has 2 aliphatic rings. The lowest BCUT2D eigenvalue weighted by molar-refractivity contribution is 0.533. The van der Waals surface area contributed by atoms with Gasteiger partial charge in [-0.25, -0.2) is 4.39 Å². The number of likely N-dealkylation sites (N-methyl/N-ethyl adjacent to an activating group) is 1. The lowest BCUT2D eigenvalue weighted by Crippen LogP contribution is -2.15. The van der Waals surface area contributed by atoms with Gasteiger partial charge in [-0.15, -0.1) is 0 Å². The molecule has 2 aliphatic heterocycles. The zero-order valence-electron chi connectivity index (χ0n) is 11.5. The van der Waals surface area contributed by atoms with Crippen molar-refractivity contribution >= 4 is 17.5 Å². The molecule has 20 heavy (non-hydrogen) atoms. The first-order valence-corrected chi connectivity index (χ1v) is 6.50. The van der Waals surface area contributed by atoms with E-state index in [0.717, 1.165) is 22.5 Å². The van der Waals surface area contributed by atoms with Crippen LogP contribution in [0.1, 0.15) is 12.5 Å². The third-order valence-electron chi connectivity index (χ3n) is 3.57. The lowest BCUT2D eigenvalue weighted by Gasteiger charge is -2.23. The summed E-state index contributed by atoms with van der Waals surface area (Å²) in [6.45, 7) is 2.06. The molecule has 3 rings (SSSR count). The number of nitrogens with zero attached hydrogens (tertiary/aromatic N) is 2. The molecule has 100 valence electrons. The van der Waals surface area contributed by atoms with Crippen LogP contribution in [0.25, 0.3) is 5.57 Å². The standard InChI is InChI=1S/C17H15FN2/c1-12-4-3-5-15(20(12)2)8-6-13-11-19-17-9-7-14(18)10-16(13)17/h3-11H,1-2H3/b13-6+,15-8-. The minimum atomic E-state index is -0.235. The molecule has 2 heterocycles. The predicted octanol–water partition coefficient (Wildman–Crippen LogP) is 4.21. The van der Waals surface area contributed by atoms with Crippen molar-refractivity contribution in [2.45, 2.75) is 6.92 Å². The van der Waals surface area contributed by atoms with Crippen LogP contribution in [0, 0.1) is 5.82 Å². The Labute approximate surface area is 117 Å². The molecule has 0 N–H and O–H groups in total. The maximum absolute atomic E-state index is 13.3. The average Bonchev–Trinajstić information content (AvgIpc) is 2.83. The highest BCUT2D eigenvalue weighted by atomic mass is 19.1. The van der Waals surface area contributed by atoms with E-state index < -0.39 is 0 Å². The number of halogens is 1. The maximum atomic E-state index is 13.3. The van der Waals surface area contributed by atoms with E-state index in [2.05, 4.69) is 22.9 Å². The normalized spacial score (nSPS) is 20.8. The molecular weight excluding hydrogens is 251 g/mol. The molecular formula is C17H15FN2. The molecule has 0 radical (unpaired) electrons. The number of hydrogen-bond acceptors (Lipinski definition) is 2. The average molecular weight is 266 g/mol. The minimum absolute atomic E-state index is 0.235. The topological polar surface area (TPSA) is 15.6 Å². The van der Waals surface area contributed by atoms with Crippen molar-refractivity contribution in [2.75, 3.05) is 7.05 Å². The zero-order valence-corrected chi connectivity index (χ0v) is 11.5. The first-order valence-electron chi connectivity index (χ1n) is 6.50. The number of benzene rings is 1. The first kappa shape index (κ1) is 12.6. The summed E-state index contributed by atoms with van der Waals surface area (Å²) in [5, 5.41) is 0. The summed E-state index contributed by atoms with van der Waals surface area (Å²) < 4.78 is 13.3. The van der Waals surface area contributed by atoms with Gasteiger partial charge in [-0.05, 0) is 43.4 Å². The van der Waals surface area contributed by atoms with E-state index in [0.29, 0.717) is 0 Å². The second kappa shape index (κ2) is 4.93. The van der Waals surface area contributed by atoms with Crippen LogP contribution in [0.3, 0.4) is 0 Å². The van der Waals surface area contributed by atoms with Crippen molar-refractivity contribution in [1.82, 2.24) is 4.90 Å². The van der Waals surface area contributed by atoms with Crippen molar-refractivity contribution in [2.24, 2.45) is 4.99 Å². The van der Waals surface area contributed by atoms with E-state index in [-0.39, 0.29) is 5.82 Å². The Morgan fingerprint density at radius 2 is 2.10 bits per heavy atom. The van der Waals surface area contributed by atoms with E-state index >= 15 is 0 Å². The quantitative estimate of drug-likeness (QED) is 0.743. The summed E-state index contributed by atoms with van der Waals surface area (Å²) in [6, 6.07) is 4.66. The van der Waals surface area contributed by atoms with Gasteiger partial charge >= 0.3 is 0 Å². The van der Waals surface area contributed by atoms with Crippen molar-refractivity contribution in [1.29, 1.82) is 0 Å². The molecule has 0 saturated carbocycles. The molecule has 0 aliphatic carbocycles. The van der Waals surface area contributed by atoms with Crippen LogP contribution >= 0.6 is 0 Å². The monoisotopic (exact) mass is 266 g/mol. The van der Waals surface area contributed by atoms with Crippen LogP contribution in [-0.2, 0) is 0 Å². The highest BCUT2D eigenvalue weighted by Crippen LogP contribution is 2.32. The molecule has 0 atom stereocenters. The van der Waals surface area contributed by atoms with E-state index in [9.17, 15) is 4.39 Å². The fourth-order valence-corrected chi connectivity index (χ4v) is 2.25. The van der Waals surface area contributed by atoms with Crippen molar-refractivity contribution in [3.05, 3.63) is 71.4 Å². The SMILES string of the molecule is CC1=CC=C/C(=C/C=C2\C=Nc3ccc(F)cc32)N1C. The summed E-state index contributed by atoms with van der Waals surface area (Å²) >= 11 is 0. The van der Waals surface area contributed by atoms with Gasteiger partial charge < -0.3 is 4.90 Å². The number of hydrogen-bond donors (Lipinski definition) is 0. The third kappa shape index (κ3) is 2.23. The van der Waals surface area contributed by atoms with Crippen molar-refractivity contribution in [3.8, 4) is 0 Å². The molecule has 2 nitrogen and oxygen atoms in total. The van der Waals surface area contributed by atoms with Gasteiger partial charge in [0, 0.05) is 35.8 Å².